The lowest BCUT2D eigenvalue weighted by Crippen LogP contribution is -2.10. The zero-order valence-electron chi connectivity index (χ0n) is 9.08. The topological polar surface area (TPSA) is 37.3 Å². The maximum Gasteiger partial charge on any atom is 0.336 e. The van der Waals surface area contributed by atoms with Crippen molar-refractivity contribution in [3.8, 4) is 0 Å². The number of carbonyl (C=O) groups is 1. The Hall–Kier alpha value is -1.02. The van der Waals surface area contributed by atoms with E-state index < -0.39 is 5.97 Å². The van der Waals surface area contributed by atoms with E-state index in [2.05, 4.69) is 0 Å². The largest absolute Gasteiger partial charge is 0.478 e. The number of hydrogen-bond acceptors (Lipinski definition) is 1. The summed E-state index contributed by atoms with van der Waals surface area (Å²) in [7, 11) is 0. The summed E-state index contributed by atoms with van der Waals surface area (Å²) in [6.07, 6.45) is 5.87. The fourth-order valence-electron chi connectivity index (χ4n) is 2.48. The van der Waals surface area contributed by atoms with Crippen LogP contribution < -0.4 is 0 Å². The van der Waals surface area contributed by atoms with Gasteiger partial charge in [0.25, 0.3) is 0 Å². The highest BCUT2D eigenvalue weighted by atomic mass is 35.5. The first kappa shape index (κ1) is 11.5. The zero-order chi connectivity index (χ0) is 11.5. The maximum atomic E-state index is 11.2. The van der Waals surface area contributed by atoms with Gasteiger partial charge in [-0.15, -0.1) is 0 Å². The van der Waals surface area contributed by atoms with Gasteiger partial charge in [-0.05, 0) is 36.5 Å². The Labute approximate surface area is 100 Å². The van der Waals surface area contributed by atoms with Crippen molar-refractivity contribution in [3.63, 3.8) is 0 Å². The summed E-state index contributed by atoms with van der Waals surface area (Å²) in [5, 5.41) is 9.66. The van der Waals surface area contributed by atoms with Gasteiger partial charge in [0.15, 0.2) is 0 Å². The van der Waals surface area contributed by atoms with Crippen LogP contribution in [0.1, 0.15) is 53.9 Å². The quantitative estimate of drug-likeness (QED) is 0.843. The average molecular weight is 239 g/mol. The van der Waals surface area contributed by atoms with Crippen molar-refractivity contribution < 1.29 is 9.90 Å². The van der Waals surface area contributed by atoms with Crippen molar-refractivity contribution in [1.29, 1.82) is 0 Å². The van der Waals surface area contributed by atoms with Gasteiger partial charge in [-0.3, -0.25) is 0 Å². The van der Waals surface area contributed by atoms with Gasteiger partial charge in [0.1, 0.15) is 0 Å². The summed E-state index contributed by atoms with van der Waals surface area (Å²) in [5.74, 6) is -0.472. The van der Waals surface area contributed by atoms with Crippen LogP contribution in [0.5, 0.6) is 0 Å². The number of aromatic carboxylic acids is 1. The second kappa shape index (κ2) is 4.88. The molecule has 3 heteroatoms. The third kappa shape index (κ3) is 2.38. The van der Waals surface area contributed by atoms with Crippen LogP contribution in [0.25, 0.3) is 0 Å². The number of carboxylic acids is 1. The van der Waals surface area contributed by atoms with E-state index in [4.69, 9.17) is 16.7 Å². The maximum absolute atomic E-state index is 11.2. The molecule has 0 aliphatic heterocycles. The molecule has 1 aliphatic carbocycles. The van der Waals surface area contributed by atoms with E-state index in [9.17, 15) is 4.79 Å². The second-order valence-corrected chi connectivity index (χ2v) is 4.81. The monoisotopic (exact) mass is 238 g/mol. The van der Waals surface area contributed by atoms with E-state index in [-0.39, 0.29) is 0 Å². The molecule has 1 aromatic carbocycles. The highest BCUT2D eigenvalue weighted by Crippen LogP contribution is 2.35. The molecular formula is C13H15ClO2. The van der Waals surface area contributed by atoms with Gasteiger partial charge in [0, 0.05) is 5.02 Å². The number of halogens is 1. The van der Waals surface area contributed by atoms with E-state index in [1.807, 2.05) is 6.07 Å². The molecule has 0 bridgehead atoms. The molecule has 0 saturated heterocycles. The van der Waals surface area contributed by atoms with Crippen LogP contribution in [0.15, 0.2) is 18.2 Å². The Bertz CT molecular complexity index is 395. The Balaban J connectivity index is 2.34. The van der Waals surface area contributed by atoms with Gasteiger partial charge in [0.2, 0.25) is 0 Å². The van der Waals surface area contributed by atoms with Crippen molar-refractivity contribution in [2.75, 3.05) is 0 Å². The van der Waals surface area contributed by atoms with E-state index in [1.54, 1.807) is 12.1 Å². The summed E-state index contributed by atoms with van der Waals surface area (Å²) in [6.45, 7) is 0. The van der Waals surface area contributed by atoms with Gasteiger partial charge in [-0.25, -0.2) is 4.79 Å². The van der Waals surface area contributed by atoms with Crippen LogP contribution >= 0.6 is 11.6 Å². The molecule has 0 aromatic heterocycles. The van der Waals surface area contributed by atoms with Crippen molar-refractivity contribution in [3.05, 3.63) is 34.3 Å². The summed E-state index contributed by atoms with van der Waals surface area (Å²) in [5.41, 5.74) is 1.33. The highest BCUT2D eigenvalue weighted by Gasteiger charge is 2.21. The highest BCUT2D eigenvalue weighted by molar-refractivity contribution is 6.31. The molecule has 2 rings (SSSR count). The van der Waals surface area contributed by atoms with E-state index >= 15 is 0 Å². The summed E-state index contributed by atoms with van der Waals surface area (Å²) < 4.78 is 0. The molecule has 1 aliphatic rings. The number of rotatable bonds is 2. The van der Waals surface area contributed by atoms with Crippen LogP contribution in [-0.2, 0) is 0 Å². The Morgan fingerprint density at radius 2 is 1.94 bits per heavy atom. The molecule has 0 atom stereocenters. The molecule has 2 nitrogen and oxygen atoms in total. The third-order valence-electron chi connectivity index (χ3n) is 3.29. The van der Waals surface area contributed by atoms with Crippen molar-refractivity contribution in [1.82, 2.24) is 0 Å². The summed E-state index contributed by atoms with van der Waals surface area (Å²) in [4.78, 5) is 11.2. The molecule has 16 heavy (non-hydrogen) atoms. The predicted octanol–water partition coefficient (Wildman–Crippen LogP) is 4.09. The van der Waals surface area contributed by atoms with Gasteiger partial charge in [0.05, 0.1) is 5.56 Å². The second-order valence-electron chi connectivity index (χ2n) is 4.37. The Morgan fingerprint density at radius 1 is 1.25 bits per heavy atom. The van der Waals surface area contributed by atoms with Crippen LogP contribution in [-0.4, -0.2) is 11.1 Å². The number of hydrogen-bond donors (Lipinski definition) is 1. The summed E-state index contributed by atoms with van der Waals surface area (Å²) >= 11 is 5.84. The molecule has 86 valence electrons. The molecule has 0 unspecified atom stereocenters. The van der Waals surface area contributed by atoms with Gasteiger partial charge in [-0.1, -0.05) is 36.9 Å². The van der Waals surface area contributed by atoms with Crippen LogP contribution in [0.2, 0.25) is 5.02 Å². The lowest BCUT2D eigenvalue weighted by atomic mass is 9.82. The fourth-order valence-corrected chi connectivity index (χ4v) is 2.66. The first-order valence-electron chi connectivity index (χ1n) is 5.71. The molecule has 0 spiro atoms. The van der Waals surface area contributed by atoms with E-state index in [1.165, 1.54) is 19.3 Å². The van der Waals surface area contributed by atoms with Crippen LogP contribution in [0.3, 0.4) is 0 Å². The standard InChI is InChI=1S/C13H15ClO2/c14-10-6-7-11(12(8-10)13(15)16)9-4-2-1-3-5-9/h6-9H,1-5H2,(H,15,16). The lowest BCUT2D eigenvalue weighted by Gasteiger charge is -2.23. The third-order valence-corrected chi connectivity index (χ3v) is 3.53. The van der Waals surface area contributed by atoms with Gasteiger partial charge < -0.3 is 5.11 Å². The molecule has 1 saturated carbocycles. The predicted molar refractivity (Wildman–Crippen MR) is 64.2 cm³/mol. The molecule has 1 fully saturated rings. The fraction of sp³-hybridized carbons (Fsp3) is 0.462. The first-order chi connectivity index (χ1) is 7.68. The summed E-state index contributed by atoms with van der Waals surface area (Å²) in [6, 6.07) is 5.23. The SMILES string of the molecule is O=C(O)c1cc(Cl)ccc1C1CCCCC1. The smallest absolute Gasteiger partial charge is 0.336 e. The molecule has 1 aromatic rings. The number of carboxylic acid groups (broad SMARTS) is 1. The number of benzene rings is 1. The molecular weight excluding hydrogens is 224 g/mol. The van der Waals surface area contributed by atoms with Crippen LogP contribution in [0, 0.1) is 0 Å². The molecule has 1 N–H and O–H groups in total. The Morgan fingerprint density at radius 3 is 2.56 bits per heavy atom. The lowest BCUT2D eigenvalue weighted by molar-refractivity contribution is 0.0694. The minimum absolute atomic E-state index is 0.374. The first-order valence-corrected chi connectivity index (χ1v) is 6.09. The Kier molecular flexibility index (Phi) is 3.49. The average Bonchev–Trinajstić information content (AvgIpc) is 2.30. The van der Waals surface area contributed by atoms with Gasteiger partial charge in [-0.2, -0.15) is 0 Å². The zero-order valence-corrected chi connectivity index (χ0v) is 9.83. The minimum atomic E-state index is -0.872. The van der Waals surface area contributed by atoms with Gasteiger partial charge >= 0.3 is 5.97 Å². The molecule has 0 radical (unpaired) electrons. The van der Waals surface area contributed by atoms with Crippen LogP contribution in [0.4, 0.5) is 0 Å². The van der Waals surface area contributed by atoms with Crippen molar-refractivity contribution >= 4 is 17.6 Å². The van der Waals surface area contributed by atoms with E-state index in [0.717, 1.165) is 18.4 Å². The van der Waals surface area contributed by atoms with Crippen molar-refractivity contribution in [2.24, 2.45) is 0 Å². The normalized spacial score (nSPS) is 17.3. The molecule has 0 heterocycles. The minimum Gasteiger partial charge on any atom is -0.478 e. The van der Waals surface area contributed by atoms with E-state index in [0.29, 0.717) is 16.5 Å². The van der Waals surface area contributed by atoms with Crippen molar-refractivity contribution in [2.45, 2.75) is 38.0 Å². The molecule has 0 amide bonds.